The average Bonchev–Trinajstić information content (AvgIpc) is 3.09. The molecule has 0 saturated carbocycles. The van der Waals surface area contributed by atoms with Crippen molar-refractivity contribution in [1.82, 2.24) is 10.2 Å². The van der Waals surface area contributed by atoms with Crippen LogP contribution in [0.5, 0.6) is 0 Å². The number of alkyl halides is 3. The van der Waals surface area contributed by atoms with Gasteiger partial charge in [-0.1, -0.05) is 12.1 Å². The van der Waals surface area contributed by atoms with E-state index in [0.717, 1.165) is 18.9 Å². The van der Waals surface area contributed by atoms with Gasteiger partial charge in [0.15, 0.2) is 0 Å². The van der Waals surface area contributed by atoms with Gasteiger partial charge in [-0.2, -0.15) is 13.2 Å². The molecule has 0 bridgehead atoms. The minimum Gasteiger partial charge on any atom is -0.369 e. The van der Waals surface area contributed by atoms with E-state index in [-0.39, 0.29) is 29.5 Å². The van der Waals surface area contributed by atoms with Crippen LogP contribution in [-0.4, -0.2) is 48.9 Å². The predicted molar refractivity (Wildman–Crippen MR) is 95.2 cm³/mol. The molecule has 2 fully saturated rings. The van der Waals surface area contributed by atoms with Crippen LogP contribution in [0.4, 0.5) is 18.9 Å². The van der Waals surface area contributed by atoms with E-state index in [1.165, 1.54) is 19.1 Å². The number of halogens is 3. The van der Waals surface area contributed by atoms with Gasteiger partial charge in [0.2, 0.25) is 11.8 Å². The first-order valence-corrected chi connectivity index (χ1v) is 9.23. The van der Waals surface area contributed by atoms with Crippen LogP contribution in [0.2, 0.25) is 0 Å². The third-order valence-electron chi connectivity index (χ3n) is 5.32. The molecule has 0 radical (unpaired) electrons. The van der Waals surface area contributed by atoms with Gasteiger partial charge in [0.1, 0.15) is 0 Å². The summed E-state index contributed by atoms with van der Waals surface area (Å²) in [5, 5.41) is 2.97. The van der Waals surface area contributed by atoms with Crippen LogP contribution in [0.25, 0.3) is 0 Å². The number of nitrogens with zero attached hydrogens (tertiary/aromatic N) is 2. The van der Waals surface area contributed by atoms with Crippen LogP contribution < -0.4 is 10.2 Å². The quantitative estimate of drug-likeness (QED) is 0.873. The minimum atomic E-state index is -4.41. The van der Waals surface area contributed by atoms with Crippen molar-refractivity contribution in [2.75, 3.05) is 31.1 Å². The highest BCUT2D eigenvalue weighted by atomic mass is 19.4. The summed E-state index contributed by atoms with van der Waals surface area (Å²) in [4.78, 5) is 27.4. The molecule has 2 saturated heterocycles. The first-order chi connectivity index (χ1) is 12.8. The molecule has 1 N–H and O–H groups in total. The molecule has 148 valence electrons. The van der Waals surface area contributed by atoms with Gasteiger partial charge in [0.25, 0.3) is 0 Å². The van der Waals surface area contributed by atoms with Gasteiger partial charge < -0.3 is 15.1 Å². The second-order valence-electron chi connectivity index (χ2n) is 7.26. The maximum atomic E-state index is 13.2. The molecule has 5 nitrogen and oxygen atoms in total. The SMILES string of the molecule is CC(=O)N1CCCC(C(=O)NC2CCN(c3ccccc3C(F)(F)F)C2)C1. The van der Waals surface area contributed by atoms with E-state index in [1.54, 1.807) is 15.9 Å². The van der Waals surface area contributed by atoms with Crippen LogP contribution in [0.1, 0.15) is 31.7 Å². The molecule has 1 aromatic carbocycles. The van der Waals surface area contributed by atoms with Crippen LogP contribution in [0.3, 0.4) is 0 Å². The summed E-state index contributed by atoms with van der Waals surface area (Å²) in [6.45, 7) is 3.39. The highest BCUT2D eigenvalue weighted by Crippen LogP contribution is 2.37. The lowest BCUT2D eigenvalue weighted by molar-refractivity contribution is -0.137. The number of benzene rings is 1. The highest BCUT2D eigenvalue weighted by molar-refractivity contribution is 5.81. The maximum Gasteiger partial charge on any atom is 0.418 e. The largest absolute Gasteiger partial charge is 0.418 e. The standard InChI is InChI=1S/C19H24F3N3O2/c1-13(26)24-9-4-5-14(11-24)18(27)23-15-8-10-25(12-15)17-7-3-2-6-16(17)19(20,21)22/h2-3,6-7,14-15H,4-5,8-12H2,1H3,(H,23,27). The minimum absolute atomic E-state index is 0.0386. The Morgan fingerprint density at radius 3 is 2.56 bits per heavy atom. The number of hydrogen-bond donors (Lipinski definition) is 1. The van der Waals surface area contributed by atoms with Crippen LogP contribution >= 0.6 is 0 Å². The zero-order valence-corrected chi connectivity index (χ0v) is 15.3. The molecule has 27 heavy (non-hydrogen) atoms. The smallest absolute Gasteiger partial charge is 0.369 e. The second-order valence-corrected chi connectivity index (χ2v) is 7.26. The summed E-state index contributed by atoms with van der Waals surface area (Å²) in [6.07, 6.45) is -2.30. The molecule has 2 amide bonds. The van der Waals surface area contributed by atoms with E-state index in [1.807, 2.05) is 0 Å². The Kier molecular flexibility index (Phi) is 5.62. The summed E-state index contributed by atoms with van der Waals surface area (Å²) in [7, 11) is 0. The molecule has 0 spiro atoms. The van der Waals surface area contributed by atoms with Crippen molar-refractivity contribution in [3.8, 4) is 0 Å². The molecule has 0 aromatic heterocycles. The molecule has 2 atom stereocenters. The van der Waals surface area contributed by atoms with E-state index < -0.39 is 11.7 Å². The highest BCUT2D eigenvalue weighted by Gasteiger charge is 2.37. The Hall–Kier alpha value is -2.25. The van der Waals surface area contributed by atoms with Gasteiger partial charge in [-0.15, -0.1) is 0 Å². The van der Waals surface area contributed by atoms with Crippen molar-refractivity contribution in [3.05, 3.63) is 29.8 Å². The zero-order valence-electron chi connectivity index (χ0n) is 15.3. The topological polar surface area (TPSA) is 52.7 Å². The van der Waals surface area contributed by atoms with Crippen molar-refractivity contribution in [3.63, 3.8) is 0 Å². The molecule has 2 aliphatic rings. The molecular weight excluding hydrogens is 359 g/mol. The Bertz CT molecular complexity index is 708. The molecule has 1 aromatic rings. The molecule has 0 aliphatic carbocycles. The average molecular weight is 383 g/mol. The van der Waals surface area contributed by atoms with Gasteiger partial charge in [-0.25, -0.2) is 0 Å². The van der Waals surface area contributed by atoms with Crippen molar-refractivity contribution in [1.29, 1.82) is 0 Å². The summed E-state index contributed by atoms with van der Waals surface area (Å²) in [6, 6.07) is 5.34. The van der Waals surface area contributed by atoms with E-state index >= 15 is 0 Å². The van der Waals surface area contributed by atoms with Gasteiger partial charge >= 0.3 is 6.18 Å². The van der Waals surface area contributed by atoms with Gasteiger partial charge in [-0.05, 0) is 31.4 Å². The second kappa shape index (κ2) is 7.78. The predicted octanol–water partition coefficient (Wildman–Crippen LogP) is 2.66. The molecule has 2 heterocycles. The van der Waals surface area contributed by atoms with E-state index in [4.69, 9.17) is 0 Å². The summed E-state index contributed by atoms with van der Waals surface area (Å²) in [5.41, 5.74) is -0.497. The molecule has 8 heteroatoms. The number of nitrogens with one attached hydrogen (secondary N) is 1. The number of anilines is 1. The van der Waals surface area contributed by atoms with Crippen molar-refractivity contribution in [2.24, 2.45) is 5.92 Å². The van der Waals surface area contributed by atoms with Crippen LogP contribution in [0.15, 0.2) is 24.3 Å². The lowest BCUT2D eigenvalue weighted by Gasteiger charge is -2.32. The van der Waals surface area contributed by atoms with Gasteiger partial charge in [-0.3, -0.25) is 9.59 Å². The lowest BCUT2D eigenvalue weighted by Crippen LogP contribution is -2.47. The van der Waals surface area contributed by atoms with Crippen molar-refractivity contribution < 1.29 is 22.8 Å². The monoisotopic (exact) mass is 383 g/mol. The van der Waals surface area contributed by atoms with Gasteiger partial charge in [0, 0.05) is 44.8 Å². The number of amides is 2. The number of carbonyl (C=O) groups is 2. The molecule has 3 rings (SSSR count). The number of carbonyl (C=O) groups excluding carboxylic acids is 2. The van der Waals surface area contributed by atoms with Crippen LogP contribution in [0, 0.1) is 5.92 Å². The number of rotatable bonds is 3. The number of hydrogen-bond acceptors (Lipinski definition) is 3. The Morgan fingerprint density at radius 1 is 1.11 bits per heavy atom. The fourth-order valence-electron chi connectivity index (χ4n) is 3.88. The van der Waals surface area contributed by atoms with Crippen LogP contribution in [-0.2, 0) is 15.8 Å². The third kappa shape index (κ3) is 4.54. The zero-order chi connectivity index (χ0) is 19.6. The maximum absolute atomic E-state index is 13.2. The fraction of sp³-hybridized carbons (Fsp3) is 0.579. The van der Waals surface area contributed by atoms with Crippen molar-refractivity contribution in [2.45, 2.75) is 38.4 Å². The Labute approximate surface area is 156 Å². The molecular formula is C19H24F3N3O2. The summed E-state index contributed by atoms with van der Waals surface area (Å²) >= 11 is 0. The number of piperidine rings is 1. The molecule has 2 aliphatic heterocycles. The van der Waals surface area contributed by atoms with E-state index in [9.17, 15) is 22.8 Å². The Morgan fingerprint density at radius 2 is 1.85 bits per heavy atom. The van der Waals surface area contributed by atoms with E-state index in [2.05, 4.69) is 5.32 Å². The third-order valence-corrected chi connectivity index (χ3v) is 5.32. The van der Waals surface area contributed by atoms with E-state index in [0.29, 0.717) is 32.6 Å². The Balaban J connectivity index is 1.61. The number of likely N-dealkylation sites (tertiary alicyclic amines) is 1. The van der Waals surface area contributed by atoms with Crippen molar-refractivity contribution >= 4 is 17.5 Å². The first kappa shape index (κ1) is 19.5. The summed E-state index contributed by atoms with van der Waals surface area (Å²) in [5.74, 6) is -0.403. The lowest BCUT2D eigenvalue weighted by atomic mass is 9.96. The summed E-state index contributed by atoms with van der Waals surface area (Å²) < 4.78 is 39.7. The number of para-hydroxylation sites is 1. The fourth-order valence-corrected chi connectivity index (χ4v) is 3.88. The normalized spacial score (nSPS) is 23.4. The van der Waals surface area contributed by atoms with Gasteiger partial charge in [0.05, 0.1) is 11.5 Å². The molecule has 2 unspecified atom stereocenters. The first-order valence-electron chi connectivity index (χ1n) is 9.23.